The summed E-state index contributed by atoms with van der Waals surface area (Å²) >= 11 is 0. The zero-order valence-electron chi connectivity index (χ0n) is 16.4. The highest BCUT2D eigenvalue weighted by Gasteiger charge is 2.24. The van der Waals surface area contributed by atoms with Crippen LogP contribution in [0.15, 0.2) is 0 Å². The van der Waals surface area contributed by atoms with Crippen molar-refractivity contribution in [2.75, 3.05) is 6.54 Å². The zero-order valence-corrected chi connectivity index (χ0v) is 16.4. The Labute approximate surface area is 174 Å². The largest absolute Gasteiger partial charge is 0.481 e. The maximum absolute atomic E-state index is 11.8. The monoisotopic (exact) mass is 425 g/mol. The highest BCUT2D eigenvalue weighted by atomic mass is 16.4. The van der Waals surface area contributed by atoms with E-state index < -0.39 is 42.4 Å². The summed E-state index contributed by atoms with van der Waals surface area (Å²) in [6, 6.07) is -3.73. The lowest BCUT2D eigenvalue weighted by molar-refractivity contribution is -0.140. The predicted octanol–water partition coefficient (Wildman–Crippen LogP) is 0.00610. The first kappa shape index (κ1) is 28.5. The molecule has 0 aromatic carbocycles. The fourth-order valence-electron chi connectivity index (χ4n) is 2.12. The van der Waals surface area contributed by atoms with E-state index in [9.17, 15) is 24.0 Å². The number of carboxylic acid groups (broad SMARTS) is 3. The number of carboxylic acids is 3. The van der Waals surface area contributed by atoms with Crippen molar-refractivity contribution in [1.29, 1.82) is 0 Å². The van der Waals surface area contributed by atoms with Crippen LogP contribution >= 0.6 is 0 Å². The molecule has 11 heteroatoms. The van der Waals surface area contributed by atoms with Gasteiger partial charge in [-0.2, -0.15) is 0 Å². The molecule has 0 aromatic heterocycles. The van der Waals surface area contributed by atoms with Crippen LogP contribution in [0, 0.1) is 25.2 Å². The topological polar surface area (TPSA) is 182 Å². The fourth-order valence-corrected chi connectivity index (χ4v) is 2.12. The molecule has 0 fully saturated rings. The summed E-state index contributed by atoms with van der Waals surface area (Å²) in [6.07, 6.45) is 13.7. The van der Waals surface area contributed by atoms with Gasteiger partial charge in [-0.05, 0) is 25.7 Å². The number of carbonyl (C=O) groups is 5. The Morgan fingerprint density at radius 3 is 1.83 bits per heavy atom. The molecule has 30 heavy (non-hydrogen) atoms. The molecule has 0 heterocycles. The molecule has 6 N–H and O–H groups in total. The molecule has 0 spiro atoms. The first-order valence-corrected chi connectivity index (χ1v) is 8.95. The number of urea groups is 1. The van der Waals surface area contributed by atoms with Crippen molar-refractivity contribution in [2.45, 2.75) is 57.0 Å². The van der Waals surface area contributed by atoms with Gasteiger partial charge in [0.05, 0.1) is 0 Å². The van der Waals surface area contributed by atoms with Crippen LogP contribution in [0.2, 0.25) is 0 Å². The van der Waals surface area contributed by atoms with Crippen molar-refractivity contribution < 1.29 is 39.3 Å². The minimum atomic E-state index is -1.45. The molecule has 3 amide bonds. The molecule has 0 aliphatic heterocycles. The number of rotatable bonds is 14. The molecule has 0 aromatic rings. The Morgan fingerprint density at radius 2 is 1.37 bits per heavy atom. The quantitative estimate of drug-likeness (QED) is 0.166. The van der Waals surface area contributed by atoms with Crippen LogP contribution in [0.5, 0.6) is 0 Å². The predicted molar refractivity (Wildman–Crippen MR) is 106 cm³/mol. The average Bonchev–Trinajstić information content (AvgIpc) is 2.69. The van der Waals surface area contributed by atoms with Crippen molar-refractivity contribution in [3.05, 3.63) is 0 Å². The van der Waals surface area contributed by atoms with Gasteiger partial charge in [0.2, 0.25) is 5.91 Å². The summed E-state index contributed by atoms with van der Waals surface area (Å²) < 4.78 is 0. The lowest BCUT2D eigenvalue weighted by atomic mass is 10.1. The second-order valence-corrected chi connectivity index (χ2v) is 5.88. The van der Waals surface area contributed by atoms with Gasteiger partial charge in [0.1, 0.15) is 12.1 Å². The Hall–Kier alpha value is -3.73. The minimum absolute atomic E-state index is 0.0653. The summed E-state index contributed by atoms with van der Waals surface area (Å²) in [5, 5.41) is 33.5. The molecule has 0 aliphatic carbocycles. The number of unbranched alkanes of at least 4 members (excludes halogenated alkanes) is 1. The van der Waals surface area contributed by atoms with Crippen LogP contribution in [0.3, 0.4) is 0 Å². The van der Waals surface area contributed by atoms with Gasteiger partial charge in [-0.15, -0.1) is 25.2 Å². The number of amides is 3. The van der Waals surface area contributed by atoms with E-state index in [0.29, 0.717) is 25.8 Å². The van der Waals surface area contributed by atoms with Crippen molar-refractivity contribution in [2.24, 2.45) is 0 Å². The van der Waals surface area contributed by atoms with E-state index in [1.807, 2.05) is 5.32 Å². The van der Waals surface area contributed by atoms with Crippen LogP contribution in [0.4, 0.5) is 4.79 Å². The Kier molecular flexibility index (Phi) is 16.5. The maximum atomic E-state index is 11.8. The molecular weight excluding hydrogens is 398 g/mol. The number of nitrogens with one attached hydrogen (secondary N) is 3. The van der Waals surface area contributed by atoms with Crippen molar-refractivity contribution in [3.63, 3.8) is 0 Å². The average molecular weight is 425 g/mol. The van der Waals surface area contributed by atoms with E-state index in [1.165, 1.54) is 0 Å². The molecule has 0 rings (SSSR count). The summed E-state index contributed by atoms with van der Waals surface area (Å²) in [7, 11) is 0. The first-order valence-electron chi connectivity index (χ1n) is 8.95. The highest BCUT2D eigenvalue weighted by molar-refractivity contribution is 5.86. The van der Waals surface area contributed by atoms with Crippen LogP contribution in [0.25, 0.3) is 0 Å². The van der Waals surface area contributed by atoms with E-state index >= 15 is 0 Å². The van der Waals surface area contributed by atoms with Crippen LogP contribution < -0.4 is 16.0 Å². The third-order valence-electron chi connectivity index (χ3n) is 3.59. The van der Waals surface area contributed by atoms with Crippen molar-refractivity contribution in [1.82, 2.24) is 16.0 Å². The Morgan fingerprint density at radius 1 is 0.833 bits per heavy atom. The second-order valence-electron chi connectivity index (χ2n) is 5.88. The second kappa shape index (κ2) is 17.4. The standard InChI is InChI=1S/C17H25N3O8.C2H2/c1-2-3-7-13(21)18-10-5-4-6-11(15(24)25)19-17(28)20-12(16(26)27)8-9-14(22)23;1-2/h1,11-12H,3-10H2,(H,18,21)(H,22,23)(H,24,25)(H,26,27)(H2,19,20,28);1-2H/t11-,12?;/m0./s1. The molecule has 0 radical (unpaired) electrons. The maximum Gasteiger partial charge on any atom is 0.326 e. The van der Waals surface area contributed by atoms with Gasteiger partial charge in [0.25, 0.3) is 0 Å². The number of hydrogen-bond acceptors (Lipinski definition) is 5. The molecule has 1 unspecified atom stereocenters. The van der Waals surface area contributed by atoms with Crippen LogP contribution in [-0.2, 0) is 19.2 Å². The van der Waals surface area contributed by atoms with Gasteiger partial charge in [-0.25, -0.2) is 14.4 Å². The number of aliphatic carboxylic acids is 3. The third kappa shape index (κ3) is 15.3. The minimum Gasteiger partial charge on any atom is -0.481 e. The molecule has 2 atom stereocenters. The fraction of sp³-hybridized carbons (Fsp3) is 0.526. The summed E-state index contributed by atoms with van der Waals surface area (Å²) in [4.78, 5) is 56.0. The summed E-state index contributed by atoms with van der Waals surface area (Å²) in [5.74, 6) is -1.81. The van der Waals surface area contributed by atoms with Gasteiger partial charge in [-0.1, -0.05) is 0 Å². The van der Waals surface area contributed by atoms with Gasteiger partial charge in [0, 0.05) is 25.8 Å². The number of hydrogen-bond donors (Lipinski definition) is 6. The van der Waals surface area contributed by atoms with E-state index in [4.69, 9.17) is 21.7 Å². The molecule has 166 valence electrons. The smallest absolute Gasteiger partial charge is 0.326 e. The summed E-state index contributed by atoms with van der Waals surface area (Å²) in [6.45, 7) is 0.332. The molecule has 11 nitrogen and oxygen atoms in total. The lowest BCUT2D eigenvalue weighted by Gasteiger charge is -2.18. The SMILES string of the molecule is C#C.C#CCCC(=O)NCCCC[C@H](NC(=O)NC(CCC(=O)O)C(=O)O)C(=O)O. The summed E-state index contributed by atoms with van der Waals surface area (Å²) in [5.41, 5.74) is 0. The first-order chi connectivity index (χ1) is 14.2. The van der Waals surface area contributed by atoms with E-state index in [0.717, 1.165) is 0 Å². The third-order valence-corrected chi connectivity index (χ3v) is 3.59. The van der Waals surface area contributed by atoms with Crippen molar-refractivity contribution >= 4 is 29.8 Å². The normalized spacial score (nSPS) is 11.4. The number of carbonyl (C=O) groups excluding carboxylic acids is 2. The van der Waals surface area contributed by atoms with Gasteiger partial charge < -0.3 is 31.3 Å². The Bertz CT molecular complexity index is 654. The molecule has 0 saturated heterocycles. The van der Waals surface area contributed by atoms with Crippen LogP contribution in [0.1, 0.15) is 44.9 Å². The molecule has 0 aliphatic rings. The zero-order chi connectivity index (χ0) is 23.5. The lowest BCUT2D eigenvalue weighted by Crippen LogP contribution is -2.51. The molecule has 0 saturated carbocycles. The number of terminal acetylenes is 2. The van der Waals surface area contributed by atoms with E-state index in [2.05, 4.69) is 29.4 Å². The highest BCUT2D eigenvalue weighted by Crippen LogP contribution is 2.03. The van der Waals surface area contributed by atoms with E-state index in [-0.39, 0.29) is 25.2 Å². The molecule has 0 bridgehead atoms. The van der Waals surface area contributed by atoms with Gasteiger partial charge in [-0.3, -0.25) is 9.59 Å². The van der Waals surface area contributed by atoms with E-state index in [1.54, 1.807) is 0 Å². The molecular formula is C19H27N3O8. The van der Waals surface area contributed by atoms with Gasteiger partial charge >= 0.3 is 23.9 Å². The van der Waals surface area contributed by atoms with Crippen LogP contribution in [-0.4, -0.2) is 63.8 Å². The Balaban J connectivity index is 0. The van der Waals surface area contributed by atoms with Gasteiger partial charge in [0.15, 0.2) is 0 Å². The van der Waals surface area contributed by atoms with Crippen molar-refractivity contribution in [3.8, 4) is 25.2 Å².